The van der Waals surface area contributed by atoms with Crippen molar-refractivity contribution in [1.29, 1.82) is 0 Å². The number of rotatable bonds is 2. The van der Waals surface area contributed by atoms with Crippen molar-refractivity contribution in [3.05, 3.63) is 34.1 Å². The van der Waals surface area contributed by atoms with E-state index in [2.05, 4.69) is 0 Å². The van der Waals surface area contributed by atoms with E-state index in [1.807, 2.05) is 0 Å². The molecular formula is C13H8F3NO5. The number of pyridine rings is 1. The fourth-order valence-corrected chi connectivity index (χ4v) is 2.26. The first kappa shape index (κ1) is 14.2. The predicted octanol–water partition coefficient (Wildman–Crippen LogP) is 1.99. The van der Waals surface area contributed by atoms with E-state index in [-0.39, 0.29) is 29.2 Å². The van der Waals surface area contributed by atoms with E-state index in [1.165, 1.54) is 12.1 Å². The van der Waals surface area contributed by atoms with Gasteiger partial charge < -0.3 is 19.1 Å². The number of alkyl halides is 3. The quantitative estimate of drug-likeness (QED) is 0.917. The number of fused-ring (bicyclic) bond motifs is 2. The summed E-state index contributed by atoms with van der Waals surface area (Å²) in [5, 5.41) is 8.82. The maximum atomic E-state index is 12.7. The van der Waals surface area contributed by atoms with E-state index in [0.717, 1.165) is 0 Å². The summed E-state index contributed by atoms with van der Waals surface area (Å²) in [6, 6.07) is 2.43. The molecule has 0 amide bonds. The first-order chi connectivity index (χ1) is 10.3. The van der Waals surface area contributed by atoms with E-state index < -0.39 is 29.7 Å². The van der Waals surface area contributed by atoms with Crippen molar-refractivity contribution in [3.63, 3.8) is 0 Å². The van der Waals surface area contributed by atoms with Gasteiger partial charge in [-0.05, 0) is 6.07 Å². The van der Waals surface area contributed by atoms with Crippen LogP contribution in [-0.2, 0) is 6.54 Å². The standard InChI is InChI=1S/C13H8F3NO5/c14-13(15,16)4-17-3-7(12(19)20)11(18)6-1-9-10(2-8(6)17)22-5-21-9/h1-3H,4-5H2,(H,19,20). The summed E-state index contributed by atoms with van der Waals surface area (Å²) in [5.74, 6) is -1.21. The summed E-state index contributed by atoms with van der Waals surface area (Å²) in [5.41, 5.74) is -1.69. The van der Waals surface area contributed by atoms with Crippen LogP contribution < -0.4 is 14.9 Å². The Morgan fingerprint density at radius 3 is 2.50 bits per heavy atom. The Morgan fingerprint density at radius 1 is 1.27 bits per heavy atom. The number of hydrogen-bond donors (Lipinski definition) is 1. The number of carbonyl (C=O) groups is 1. The van der Waals surface area contributed by atoms with Gasteiger partial charge in [-0.1, -0.05) is 0 Å². The van der Waals surface area contributed by atoms with Crippen molar-refractivity contribution in [2.45, 2.75) is 12.7 Å². The maximum Gasteiger partial charge on any atom is 0.406 e. The zero-order valence-corrected chi connectivity index (χ0v) is 10.8. The van der Waals surface area contributed by atoms with Crippen LogP contribution in [0.3, 0.4) is 0 Å². The number of benzene rings is 1. The molecule has 1 aromatic carbocycles. The van der Waals surface area contributed by atoms with Crippen LogP contribution in [-0.4, -0.2) is 28.6 Å². The van der Waals surface area contributed by atoms with Gasteiger partial charge in [0.25, 0.3) is 0 Å². The van der Waals surface area contributed by atoms with Gasteiger partial charge in [0.1, 0.15) is 12.1 Å². The van der Waals surface area contributed by atoms with Gasteiger partial charge in [0.2, 0.25) is 12.2 Å². The van der Waals surface area contributed by atoms with Gasteiger partial charge in [-0.15, -0.1) is 0 Å². The molecule has 0 spiro atoms. The molecule has 6 nitrogen and oxygen atoms in total. The molecule has 0 saturated carbocycles. The average molecular weight is 315 g/mol. The second-order valence-electron chi connectivity index (χ2n) is 4.64. The first-order valence-electron chi connectivity index (χ1n) is 6.03. The van der Waals surface area contributed by atoms with Gasteiger partial charge in [-0.25, -0.2) is 4.79 Å². The van der Waals surface area contributed by atoms with E-state index in [4.69, 9.17) is 14.6 Å². The number of aromatic carboxylic acids is 1. The molecule has 0 atom stereocenters. The normalized spacial score (nSPS) is 13.6. The Bertz CT molecular complexity index is 840. The van der Waals surface area contributed by atoms with Crippen molar-refractivity contribution in [2.75, 3.05) is 6.79 Å². The largest absolute Gasteiger partial charge is 0.477 e. The van der Waals surface area contributed by atoms with Gasteiger partial charge in [-0.3, -0.25) is 4.79 Å². The molecule has 1 N–H and O–H groups in total. The predicted molar refractivity (Wildman–Crippen MR) is 67.3 cm³/mol. The molecule has 1 aromatic heterocycles. The van der Waals surface area contributed by atoms with Crippen LogP contribution in [0.2, 0.25) is 0 Å². The summed E-state index contributed by atoms with van der Waals surface area (Å²) in [7, 11) is 0. The maximum absolute atomic E-state index is 12.7. The molecule has 116 valence electrons. The van der Waals surface area contributed by atoms with Crippen LogP contribution >= 0.6 is 0 Å². The van der Waals surface area contributed by atoms with Crippen LogP contribution in [0.25, 0.3) is 10.9 Å². The number of carboxylic acid groups (broad SMARTS) is 1. The molecule has 0 saturated heterocycles. The lowest BCUT2D eigenvalue weighted by Gasteiger charge is -2.14. The third-order valence-electron chi connectivity index (χ3n) is 3.15. The summed E-state index contributed by atoms with van der Waals surface area (Å²) >= 11 is 0. The highest BCUT2D eigenvalue weighted by molar-refractivity contribution is 5.93. The minimum Gasteiger partial charge on any atom is -0.477 e. The van der Waals surface area contributed by atoms with Crippen molar-refractivity contribution in [1.82, 2.24) is 4.57 Å². The smallest absolute Gasteiger partial charge is 0.406 e. The lowest BCUT2D eigenvalue weighted by atomic mass is 10.1. The Hall–Kier alpha value is -2.71. The van der Waals surface area contributed by atoms with Gasteiger partial charge in [0, 0.05) is 12.3 Å². The Morgan fingerprint density at radius 2 is 1.91 bits per heavy atom. The average Bonchev–Trinajstić information content (AvgIpc) is 2.85. The highest BCUT2D eigenvalue weighted by Gasteiger charge is 2.30. The number of ether oxygens (including phenoxy) is 2. The Balaban J connectivity index is 2.34. The molecule has 0 aliphatic carbocycles. The van der Waals surface area contributed by atoms with Crippen LogP contribution in [0.15, 0.2) is 23.1 Å². The highest BCUT2D eigenvalue weighted by Crippen LogP contribution is 2.35. The topological polar surface area (TPSA) is 77.8 Å². The van der Waals surface area contributed by atoms with Crippen LogP contribution in [0.1, 0.15) is 10.4 Å². The molecule has 1 aliphatic rings. The number of carboxylic acids is 1. The molecule has 0 bridgehead atoms. The minimum atomic E-state index is -4.58. The molecule has 1 aliphatic heterocycles. The number of halogens is 3. The number of aromatic nitrogens is 1. The van der Waals surface area contributed by atoms with E-state index in [1.54, 1.807) is 0 Å². The fourth-order valence-electron chi connectivity index (χ4n) is 2.26. The van der Waals surface area contributed by atoms with E-state index in [9.17, 15) is 22.8 Å². The van der Waals surface area contributed by atoms with Gasteiger partial charge in [0.05, 0.1) is 10.9 Å². The van der Waals surface area contributed by atoms with E-state index >= 15 is 0 Å². The molecule has 2 heterocycles. The number of hydrogen-bond acceptors (Lipinski definition) is 4. The van der Waals surface area contributed by atoms with Crippen LogP contribution in [0, 0.1) is 0 Å². The van der Waals surface area contributed by atoms with Crippen LogP contribution in [0.4, 0.5) is 13.2 Å². The zero-order valence-electron chi connectivity index (χ0n) is 10.8. The van der Waals surface area contributed by atoms with E-state index in [0.29, 0.717) is 10.8 Å². The molecule has 2 aromatic rings. The van der Waals surface area contributed by atoms with Crippen molar-refractivity contribution < 1.29 is 32.5 Å². The zero-order chi connectivity index (χ0) is 16.1. The van der Waals surface area contributed by atoms with Gasteiger partial charge in [0.15, 0.2) is 11.5 Å². The number of nitrogens with zero attached hydrogens (tertiary/aromatic N) is 1. The SMILES string of the molecule is O=C(O)c1cn(CC(F)(F)F)c2cc3c(cc2c1=O)OCO3. The summed E-state index contributed by atoms with van der Waals surface area (Å²) in [6.45, 7) is -1.55. The third-order valence-corrected chi connectivity index (χ3v) is 3.15. The first-order valence-corrected chi connectivity index (χ1v) is 6.03. The summed E-state index contributed by atoms with van der Waals surface area (Å²) in [6.07, 6.45) is -3.89. The Labute approximate surface area is 120 Å². The van der Waals surface area contributed by atoms with Gasteiger partial charge in [-0.2, -0.15) is 13.2 Å². The molecule has 0 fully saturated rings. The second kappa shape index (κ2) is 4.65. The highest BCUT2D eigenvalue weighted by atomic mass is 19.4. The summed E-state index contributed by atoms with van der Waals surface area (Å²) < 4.78 is 48.8. The summed E-state index contributed by atoms with van der Waals surface area (Å²) in [4.78, 5) is 23.2. The third kappa shape index (κ3) is 2.34. The molecule has 0 radical (unpaired) electrons. The lowest BCUT2D eigenvalue weighted by Crippen LogP contribution is -2.23. The molecule has 22 heavy (non-hydrogen) atoms. The monoisotopic (exact) mass is 315 g/mol. The van der Waals surface area contributed by atoms with Crippen molar-refractivity contribution in [2.24, 2.45) is 0 Å². The van der Waals surface area contributed by atoms with Crippen LogP contribution in [0.5, 0.6) is 11.5 Å². The molecular weight excluding hydrogens is 307 g/mol. The molecule has 0 unspecified atom stereocenters. The van der Waals surface area contributed by atoms with Crippen molar-refractivity contribution in [3.8, 4) is 11.5 Å². The lowest BCUT2D eigenvalue weighted by molar-refractivity contribution is -0.140. The van der Waals surface area contributed by atoms with Gasteiger partial charge >= 0.3 is 12.1 Å². The molecule has 9 heteroatoms. The van der Waals surface area contributed by atoms with Crippen molar-refractivity contribution >= 4 is 16.9 Å². The fraction of sp³-hybridized carbons (Fsp3) is 0.231. The Kier molecular flexibility index (Phi) is 3.01. The molecule has 3 rings (SSSR count). The minimum absolute atomic E-state index is 0.0726. The second-order valence-corrected chi connectivity index (χ2v) is 4.64.